The molecule has 0 radical (unpaired) electrons. The van der Waals surface area contributed by atoms with Crippen molar-refractivity contribution in [2.24, 2.45) is 0 Å². The molecule has 0 saturated heterocycles. The van der Waals surface area contributed by atoms with Crippen LogP contribution in [0.2, 0.25) is 0 Å². The lowest BCUT2D eigenvalue weighted by atomic mass is 10.2. The van der Waals surface area contributed by atoms with E-state index >= 15 is 0 Å². The van der Waals surface area contributed by atoms with E-state index in [4.69, 9.17) is 14.9 Å². The first-order valence-electron chi connectivity index (χ1n) is 5.69. The van der Waals surface area contributed by atoms with E-state index in [1.165, 1.54) is 13.2 Å². The van der Waals surface area contributed by atoms with Gasteiger partial charge in [0, 0.05) is 10.5 Å². The zero-order valence-corrected chi connectivity index (χ0v) is 12.5. The van der Waals surface area contributed by atoms with Crippen molar-refractivity contribution in [3.05, 3.63) is 22.7 Å². The monoisotopic (exact) mass is 360 g/mol. The summed E-state index contributed by atoms with van der Waals surface area (Å²) in [5.41, 5.74) is 0.353. The molecule has 1 rings (SSSR count). The van der Waals surface area contributed by atoms with Crippen LogP contribution in [0.15, 0.2) is 22.7 Å². The van der Waals surface area contributed by atoms with Gasteiger partial charge in [0.2, 0.25) is 0 Å². The van der Waals surface area contributed by atoms with Gasteiger partial charge in [-0.25, -0.2) is 9.59 Å². The quantitative estimate of drug-likeness (QED) is 0.609. The zero-order chi connectivity index (χ0) is 16.0. The van der Waals surface area contributed by atoms with E-state index in [1.54, 1.807) is 12.1 Å². The topological polar surface area (TPSA) is 125 Å². The first-order chi connectivity index (χ1) is 9.83. The van der Waals surface area contributed by atoms with E-state index in [0.717, 1.165) is 0 Å². The number of urea groups is 1. The number of carboxylic acid groups (broad SMARTS) is 2. The van der Waals surface area contributed by atoms with Crippen LogP contribution in [0.3, 0.4) is 0 Å². The number of hydrogen-bond acceptors (Lipinski definition) is 4. The number of methoxy groups -OCH3 is 1. The van der Waals surface area contributed by atoms with Crippen LogP contribution < -0.4 is 15.4 Å². The van der Waals surface area contributed by atoms with Crippen molar-refractivity contribution in [2.75, 3.05) is 12.4 Å². The number of carboxylic acids is 2. The SMILES string of the molecule is COc1ccc(Br)c(NC(=O)NC(CC(=O)O)C(=O)O)c1. The highest BCUT2D eigenvalue weighted by atomic mass is 79.9. The number of aliphatic carboxylic acids is 2. The summed E-state index contributed by atoms with van der Waals surface area (Å²) in [5.74, 6) is -2.27. The van der Waals surface area contributed by atoms with Crippen LogP contribution in [-0.2, 0) is 9.59 Å². The number of amides is 2. The Bertz CT molecular complexity index is 563. The fraction of sp³-hybridized carbons (Fsp3) is 0.250. The van der Waals surface area contributed by atoms with E-state index in [0.29, 0.717) is 15.9 Å². The largest absolute Gasteiger partial charge is 0.497 e. The highest BCUT2D eigenvalue weighted by molar-refractivity contribution is 9.10. The Morgan fingerprint density at radius 3 is 2.52 bits per heavy atom. The molecule has 0 aliphatic rings. The van der Waals surface area contributed by atoms with Crippen molar-refractivity contribution in [3.8, 4) is 5.75 Å². The van der Waals surface area contributed by atoms with Crippen molar-refractivity contribution >= 4 is 39.6 Å². The average molecular weight is 361 g/mol. The molecule has 0 spiro atoms. The van der Waals surface area contributed by atoms with Crippen molar-refractivity contribution in [1.82, 2.24) is 5.32 Å². The number of ether oxygens (including phenoxy) is 1. The predicted octanol–water partition coefficient (Wildman–Crippen LogP) is 1.51. The summed E-state index contributed by atoms with van der Waals surface area (Å²) in [5, 5.41) is 21.9. The first-order valence-corrected chi connectivity index (χ1v) is 6.48. The molecule has 0 aliphatic heterocycles. The third kappa shape index (κ3) is 5.30. The lowest BCUT2D eigenvalue weighted by Crippen LogP contribution is -2.44. The number of rotatable bonds is 6. The van der Waals surface area contributed by atoms with Crippen LogP contribution in [0.25, 0.3) is 0 Å². The molecule has 114 valence electrons. The zero-order valence-electron chi connectivity index (χ0n) is 10.9. The Hall–Kier alpha value is -2.29. The summed E-state index contributed by atoms with van der Waals surface area (Å²) in [6.45, 7) is 0. The van der Waals surface area contributed by atoms with Crippen molar-refractivity contribution < 1.29 is 29.3 Å². The van der Waals surface area contributed by atoms with Crippen molar-refractivity contribution in [3.63, 3.8) is 0 Å². The molecule has 0 bridgehead atoms. The minimum Gasteiger partial charge on any atom is -0.497 e. The van der Waals surface area contributed by atoms with Gasteiger partial charge in [-0.3, -0.25) is 4.79 Å². The fourth-order valence-electron chi connectivity index (χ4n) is 1.42. The highest BCUT2D eigenvalue weighted by Gasteiger charge is 2.23. The number of hydrogen-bond donors (Lipinski definition) is 4. The van der Waals surface area contributed by atoms with Gasteiger partial charge in [0.1, 0.15) is 11.8 Å². The van der Waals surface area contributed by atoms with Gasteiger partial charge < -0.3 is 25.6 Å². The van der Waals surface area contributed by atoms with Crippen LogP contribution >= 0.6 is 15.9 Å². The molecule has 21 heavy (non-hydrogen) atoms. The third-order valence-corrected chi connectivity index (χ3v) is 3.10. The van der Waals surface area contributed by atoms with E-state index in [2.05, 4.69) is 26.6 Å². The highest BCUT2D eigenvalue weighted by Crippen LogP contribution is 2.26. The van der Waals surface area contributed by atoms with Crippen LogP contribution in [0, 0.1) is 0 Å². The van der Waals surface area contributed by atoms with E-state index in [1.807, 2.05) is 0 Å². The Labute approximate surface area is 128 Å². The predicted molar refractivity (Wildman–Crippen MR) is 76.5 cm³/mol. The van der Waals surface area contributed by atoms with E-state index in [9.17, 15) is 14.4 Å². The van der Waals surface area contributed by atoms with Crippen molar-refractivity contribution in [1.29, 1.82) is 0 Å². The maximum atomic E-state index is 11.7. The molecule has 1 atom stereocenters. The Morgan fingerprint density at radius 2 is 2.00 bits per heavy atom. The van der Waals surface area contributed by atoms with Crippen LogP contribution in [-0.4, -0.2) is 41.3 Å². The van der Waals surface area contributed by atoms with Crippen LogP contribution in [0.5, 0.6) is 5.75 Å². The second-order valence-corrected chi connectivity index (χ2v) is 4.79. The maximum Gasteiger partial charge on any atom is 0.326 e. The molecule has 8 nitrogen and oxygen atoms in total. The van der Waals surface area contributed by atoms with Crippen molar-refractivity contribution in [2.45, 2.75) is 12.5 Å². The normalized spacial score (nSPS) is 11.3. The molecule has 2 amide bonds. The van der Waals surface area contributed by atoms with Gasteiger partial charge in [-0.1, -0.05) is 0 Å². The molecule has 0 aromatic heterocycles. The summed E-state index contributed by atoms with van der Waals surface area (Å²) in [6.07, 6.45) is -0.720. The number of anilines is 1. The van der Waals surface area contributed by atoms with Gasteiger partial charge in [0.15, 0.2) is 0 Å². The van der Waals surface area contributed by atoms with Crippen LogP contribution in [0.1, 0.15) is 6.42 Å². The molecule has 1 unspecified atom stereocenters. The van der Waals surface area contributed by atoms with E-state index in [-0.39, 0.29) is 0 Å². The lowest BCUT2D eigenvalue weighted by molar-refractivity contribution is -0.145. The van der Waals surface area contributed by atoms with Gasteiger partial charge in [-0.05, 0) is 28.1 Å². The van der Waals surface area contributed by atoms with Gasteiger partial charge in [0.05, 0.1) is 19.2 Å². The van der Waals surface area contributed by atoms with Crippen LogP contribution in [0.4, 0.5) is 10.5 Å². The summed E-state index contributed by atoms with van der Waals surface area (Å²) in [4.78, 5) is 33.1. The maximum absolute atomic E-state index is 11.7. The first kappa shape index (κ1) is 16.8. The second kappa shape index (κ2) is 7.48. The van der Waals surface area contributed by atoms with Gasteiger partial charge in [-0.15, -0.1) is 0 Å². The smallest absolute Gasteiger partial charge is 0.326 e. The van der Waals surface area contributed by atoms with Gasteiger partial charge in [0.25, 0.3) is 0 Å². The number of benzene rings is 1. The summed E-state index contributed by atoms with van der Waals surface area (Å²) >= 11 is 3.22. The standard InChI is InChI=1S/C12H13BrN2O6/c1-21-6-2-3-7(13)8(4-6)14-12(20)15-9(11(18)19)5-10(16)17/h2-4,9H,5H2,1H3,(H,16,17)(H,18,19)(H2,14,15,20). The Balaban J connectivity index is 2.76. The molecule has 1 aromatic carbocycles. The lowest BCUT2D eigenvalue weighted by Gasteiger charge is -2.14. The molecule has 0 heterocycles. The minimum absolute atomic E-state index is 0.353. The number of nitrogens with one attached hydrogen (secondary N) is 2. The van der Waals surface area contributed by atoms with E-state index < -0.39 is 30.4 Å². The number of halogens is 1. The molecule has 0 saturated carbocycles. The fourth-order valence-corrected chi connectivity index (χ4v) is 1.76. The number of carbonyl (C=O) groups excluding carboxylic acids is 1. The Morgan fingerprint density at radius 1 is 1.33 bits per heavy atom. The third-order valence-electron chi connectivity index (χ3n) is 2.40. The molecule has 9 heteroatoms. The molecular formula is C12H13BrN2O6. The summed E-state index contributed by atoms with van der Waals surface area (Å²) in [7, 11) is 1.46. The molecule has 4 N–H and O–H groups in total. The summed E-state index contributed by atoms with van der Waals surface area (Å²) in [6, 6.07) is 2.47. The van der Waals surface area contributed by atoms with Gasteiger partial charge in [-0.2, -0.15) is 0 Å². The average Bonchev–Trinajstić information content (AvgIpc) is 2.39. The molecule has 1 aromatic rings. The summed E-state index contributed by atoms with van der Waals surface area (Å²) < 4.78 is 5.56. The number of carbonyl (C=O) groups is 3. The molecule has 0 fully saturated rings. The molecule has 0 aliphatic carbocycles. The Kier molecular flexibility index (Phi) is 5.97. The van der Waals surface area contributed by atoms with Gasteiger partial charge >= 0.3 is 18.0 Å². The second-order valence-electron chi connectivity index (χ2n) is 3.93. The molecular weight excluding hydrogens is 348 g/mol. The minimum atomic E-state index is -1.52.